The fraction of sp³-hybridized carbons (Fsp3) is 0.588. The molecule has 0 saturated heterocycles. The Bertz CT molecular complexity index is 673. The van der Waals surface area contributed by atoms with Gasteiger partial charge in [0, 0.05) is 5.02 Å². The van der Waals surface area contributed by atoms with Crippen LogP contribution in [-0.2, 0) is 5.54 Å². The van der Waals surface area contributed by atoms with Crippen LogP contribution in [0.2, 0.25) is 5.02 Å². The summed E-state index contributed by atoms with van der Waals surface area (Å²) in [6.45, 7) is 7.36. The Labute approximate surface area is 142 Å². The third-order valence-corrected chi connectivity index (χ3v) is 5.42. The standard InChI is InChI=1S/C17H24ClN5/c1-4-19-17(10-8-12(2)9-11-17)16-20-21-22-23(16)15-7-5-6-14(18)13(15)3/h5-7,12,19H,4,8-11H2,1-3H3. The second-order valence-electron chi connectivity index (χ2n) is 6.59. The Morgan fingerprint density at radius 2 is 2.09 bits per heavy atom. The van der Waals surface area contributed by atoms with Crippen molar-refractivity contribution in [3.05, 3.63) is 34.6 Å². The van der Waals surface area contributed by atoms with E-state index >= 15 is 0 Å². The summed E-state index contributed by atoms with van der Waals surface area (Å²) in [6.07, 6.45) is 4.49. The van der Waals surface area contributed by atoms with Crippen LogP contribution in [0.15, 0.2) is 18.2 Å². The van der Waals surface area contributed by atoms with Crippen molar-refractivity contribution in [2.45, 2.75) is 52.0 Å². The summed E-state index contributed by atoms with van der Waals surface area (Å²) in [6, 6.07) is 5.86. The summed E-state index contributed by atoms with van der Waals surface area (Å²) in [7, 11) is 0. The van der Waals surface area contributed by atoms with Gasteiger partial charge in [0.1, 0.15) is 0 Å². The Morgan fingerprint density at radius 1 is 1.35 bits per heavy atom. The molecule has 1 heterocycles. The lowest BCUT2D eigenvalue weighted by Gasteiger charge is -2.39. The van der Waals surface area contributed by atoms with Crippen LogP contribution >= 0.6 is 11.6 Å². The predicted molar refractivity (Wildman–Crippen MR) is 91.9 cm³/mol. The fourth-order valence-electron chi connectivity index (χ4n) is 3.55. The van der Waals surface area contributed by atoms with E-state index in [2.05, 4.69) is 34.7 Å². The van der Waals surface area contributed by atoms with Gasteiger partial charge in [-0.1, -0.05) is 31.5 Å². The van der Waals surface area contributed by atoms with Crippen molar-refractivity contribution in [3.8, 4) is 5.69 Å². The lowest BCUT2D eigenvalue weighted by Crippen LogP contribution is -2.47. The van der Waals surface area contributed by atoms with Gasteiger partial charge in [-0.05, 0) is 73.2 Å². The number of tetrazole rings is 1. The molecule has 1 fully saturated rings. The highest BCUT2D eigenvalue weighted by Gasteiger charge is 2.40. The zero-order chi connectivity index (χ0) is 16.4. The number of hydrogen-bond acceptors (Lipinski definition) is 4. The van der Waals surface area contributed by atoms with Crippen LogP contribution in [0.3, 0.4) is 0 Å². The number of aromatic nitrogens is 4. The number of rotatable bonds is 4. The molecule has 1 saturated carbocycles. The minimum absolute atomic E-state index is 0.153. The summed E-state index contributed by atoms with van der Waals surface area (Å²) in [5.74, 6) is 1.66. The van der Waals surface area contributed by atoms with Gasteiger partial charge in [-0.15, -0.1) is 5.10 Å². The lowest BCUT2D eigenvalue weighted by atomic mass is 9.76. The predicted octanol–water partition coefficient (Wildman–Crippen LogP) is 3.64. The Morgan fingerprint density at radius 3 is 2.78 bits per heavy atom. The first kappa shape index (κ1) is 16.4. The molecule has 0 atom stereocenters. The fourth-order valence-corrected chi connectivity index (χ4v) is 3.72. The average molecular weight is 334 g/mol. The van der Waals surface area contributed by atoms with Crippen LogP contribution in [0, 0.1) is 12.8 Å². The van der Waals surface area contributed by atoms with Gasteiger partial charge >= 0.3 is 0 Å². The van der Waals surface area contributed by atoms with Crippen molar-refractivity contribution >= 4 is 11.6 Å². The van der Waals surface area contributed by atoms with Crippen molar-refractivity contribution in [2.24, 2.45) is 5.92 Å². The van der Waals surface area contributed by atoms with Crippen molar-refractivity contribution in [1.82, 2.24) is 25.5 Å². The maximum absolute atomic E-state index is 6.29. The molecule has 0 unspecified atom stereocenters. The van der Waals surface area contributed by atoms with Crippen LogP contribution in [0.1, 0.15) is 50.9 Å². The van der Waals surface area contributed by atoms with Crippen molar-refractivity contribution in [3.63, 3.8) is 0 Å². The zero-order valence-electron chi connectivity index (χ0n) is 14.0. The first-order valence-electron chi connectivity index (χ1n) is 8.37. The van der Waals surface area contributed by atoms with Gasteiger partial charge in [0.25, 0.3) is 0 Å². The summed E-state index contributed by atoms with van der Waals surface area (Å²) in [4.78, 5) is 0. The van der Waals surface area contributed by atoms with Crippen molar-refractivity contribution in [2.75, 3.05) is 6.54 Å². The van der Waals surface area contributed by atoms with Crippen LogP contribution in [-0.4, -0.2) is 26.8 Å². The molecule has 124 valence electrons. The summed E-state index contributed by atoms with van der Waals surface area (Å²) >= 11 is 6.29. The van der Waals surface area contributed by atoms with Crippen LogP contribution in [0.25, 0.3) is 5.69 Å². The zero-order valence-corrected chi connectivity index (χ0v) is 14.8. The molecule has 23 heavy (non-hydrogen) atoms. The SMILES string of the molecule is CCNC1(c2nnnn2-c2cccc(Cl)c2C)CCC(C)CC1. The molecule has 5 nitrogen and oxygen atoms in total. The van der Waals surface area contributed by atoms with Crippen LogP contribution < -0.4 is 5.32 Å². The molecule has 1 aliphatic rings. The van der Waals surface area contributed by atoms with Gasteiger partial charge in [-0.2, -0.15) is 4.68 Å². The molecule has 6 heteroatoms. The molecule has 0 bridgehead atoms. The third kappa shape index (κ3) is 3.00. The largest absolute Gasteiger partial charge is 0.305 e. The van der Waals surface area contributed by atoms with E-state index < -0.39 is 0 Å². The molecule has 1 aromatic heterocycles. The molecule has 1 aliphatic carbocycles. The van der Waals surface area contributed by atoms with E-state index in [1.807, 2.05) is 29.8 Å². The number of hydrogen-bond donors (Lipinski definition) is 1. The maximum atomic E-state index is 6.29. The molecule has 0 radical (unpaired) electrons. The van der Waals surface area contributed by atoms with E-state index in [-0.39, 0.29) is 5.54 Å². The molecule has 2 aromatic rings. The normalized spacial score (nSPS) is 24.8. The number of nitrogens with one attached hydrogen (secondary N) is 1. The van der Waals surface area contributed by atoms with Crippen molar-refractivity contribution in [1.29, 1.82) is 0 Å². The first-order valence-corrected chi connectivity index (χ1v) is 8.74. The first-order chi connectivity index (χ1) is 11.1. The Kier molecular flexibility index (Phi) is 4.69. The second-order valence-corrected chi connectivity index (χ2v) is 7.00. The number of nitrogens with zero attached hydrogens (tertiary/aromatic N) is 4. The molecule has 0 aliphatic heterocycles. The van der Waals surface area contributed by atoms with Gasteiger partial charge in [0.2, 0.25) is 0 Å². The van der Waals surface area contributed by atoms with E-state index in [9.17, 15) is 0 Å². The number of benzene rings is 1. The highest BCUT2D eigenvalue weighted by Crippen LogP contribution is 2.39. The summed E-state index contributed by atoms with van der Waals surface area (Å²) in [5.41, 5.74) is 1.80. The molecule has 3 rings (SSSR count). The molecule has 0 spiro atoms. The van der Waals surface area contributed by atoms with Crippen LogP contribution in [0.4, 0.5) is 0 Å². The number of halogens is 1. The smallest absolute Gasteiger partial charge is 0.176 e. The van der Waals surface area contributed by atoms with Gasteiger partial charge in [0.05, 0.1) is 11.2 Å². The second kappa shape index (κ2) is 6.57. The molecule has 1 N–H and O–H groups in total. The highest BCUT2D eigenvalue weighted by molar-refractivity contribution is 6.31. The molecule has 0 amide bonds. The lowest BCUT2D eigenvalue weighted by molar-refractivity contribution is 0.185. The third-order valence-electron chi connectivity index (χ3n) is 5.01. The Hall–Kier alpha value is -1.46. The van der Waals surface area contributed by atoms with Gasteiger partial charge in [-0.3, -0.25) is 0 Å². The molecular weight excluding hydrogens is 310 g/mol. The molecular formula is C17H24ClN5. The van der Waals surface area contributed by atoms with Gasteiger partial charge in [0.15, 0.2) is 5.82 Å². The minimum atomic E-state index is -0.153. The average Bonchev–Trinajstić information content (AvgIpc) is 3.03. The Balaban J connectivity index is 2.06. The van der Waals surface area contributed by atoms with Crippen molar-refractivity contribution < 1.29 is 0 Å². The van der Waals surface area contributed by atoms with Gasteiger partial charge < -0.3 is 5.32 Å². The minimum Gasteiger partial charge on any atom is -0.305 e. The topological polar surface area (TPSA) is 55.6 Å². The van der Waals surface area contributed by atoms with E-state index in [0.717, 1.165) is 47.4 Å². The van der Waals surface area contributed by atoms with Gasteiger partial charge in [-0.25, -0.2) is 0 Å². The van der Waals surface area contributed by atoms with Crippen LogP contribution in [0.5, 0.6) is 0 Å². The maximum Gasteiger partial charge on any atom is 0.176 e. The van der Waals surface area contributed by atoms with E-state index in [1.54, 1.807) is 0 Å². The monoisotopic (exact) mass is 333 g/mol. The molecule has 1 aromatic carbocycles. The quantitative estimate of drug-likeness (QED) is 0.928. The summed E-state index contributed by atoms with van der Waals surface area (Å²) in [5, 5.41) is 17.0. The summed E-state index contributed by atoms with van der Waals surface area (Å²) < 4.78 is 1.86. The van der Waals surface area contributed by atoms with E-state index in [4.69, 9.17) is 11.6 Å². The van der Waals surface area contributed by atoms with E-state index in [0.29, 0.717) is 0 Å². The van der Waals surface area contributed by atoms with E-state index in [1.165, 1.54) is 12.8 Å². The highest BCUT2D eigenvalue weighted by atomic mass is 35.5.